The molecule has 2 aromatic carbocycles. The standard InChI is InChI=1S/C19H22N2O4/c1-4-25-16-11-9-15(10-12-16)21(14(2)22)13-19(23)20-17-7-5-6-8-18(17)24-3/h5-12H,4,13H2,1-3H3,(H,20,23). The molecule has 0 bridgehead atoms. The zero-order chi connectivity index (χ0) is 18.2. The van der Waals surface area contributed by atoms with E-state index in [4.69, 9.17) is 9.47 Å². The van der Waals surface area contributed by atoms with Gasteiger partial charge in [0.1, 0.15) is 18.0 Å². The summed E-state index contributed by atoms with van der Waals surface area (Å²) in [5.74, 6) is 0.743. The number of carbonyl (C=O) groups is 2. The normalized spacial score (nSPS) is 10.0. The van der Waals surface area contributed by atoms with Gasteiger partial charge in [-0.15, -0.1) is 0 Å². The van der Waals surface area contributed by atoms with Crippen LogP contribution in [0.15, 0.2) is 48.5 Å². The van der Waals surface area contributed by atoms with E-state index in [0.717, 1.165) is 0 Å². The zero-order valence-electron chi connectivity index (χ0n) is 14.6. The molecule has 0 spiro atoms. The van der Waals surface area contributed by atoms with Crippen LogP contribution in [-0.2, 0) is 9.59 Å². The van der Waals surface area contributed by atoms with Crippen molar-refractivity contribution in [3.05, 3.63) is 48.5 Å². The predicted octanol–water partition coefficient (Wildman–Crippen LogP) is 3.09. The van der Waals surface area contributed by atoms with Crippen LogP contribution >= 0.6 is 0 Å². The number of hydrogen-bond donors (Lipinski definition) is 1. The maximum absolute atomic E-state index is 12.4. The van der Waals surface area contributed by atoms with E-state index in [2.05, 4.69) is 5.32 Å². The quantitative estimate of drug-likeness (QED) is 0.840. The number of ether oxygens (including phenoxy) is 2. The van der Waals surface area contributed by atoms with E-state index >= 15 is 0 Å². The Hall–Kier alpha value is -3.02. The summed E-state index contributed by atoms with van der Waals surface area (Å²) in [4.78, 5) is 25.7. The van der Waals surface area contributed by atoms with Gasteiger partial charge in [-0.05, 0) is 43.3 Å². The predicted molar refractivity (Wildman–Crippen MR) is 97.3 cm³/mol. The molecule has 0 aliphatic rings. The first-order valence-electron chi connectivity index (χ1n) is 7.99. The third kappa shape index (κ3) is 4.97. The summed E-state index contributed by atoms with van der Waals surface area (Å²) >= 11 is 0. The van der Waals surface area contributed by atoms with E-state index in [9.17, 15) is 9.59 Å². The number of hydrogen-bond acceptors (Lipinski definition) is 4. The summed E-state index contributed by atoms with van der Waals surface area (Å²) in [6.07, 6.45) is 0. The third-order valence-electron chi connectivity index (χ3n) is 3.52. The van der Waals surface area contributed by atoms with Crippen LogP contribution in [-0.4, -0.2) is 32.1 Å². The lowest BCUT2D eigenvalue weighted by Gasteiger charge is -2.21. The maximum atomic E-state index is 12.4. The van der Waals surface area contributed by atoms with E-state index in [1.54, 1.807) is 42.5 Å². The molecular formula is C19H22N2O4. The molecule has 2 rings (SSSR count). The van der Waals surface area contributed by atoms with Crippen molar-refractivity contribution in [2.24, 2.45) is 0 Å². The highest BCUT2D eigenvalue weighted by Crippen LogP contribution is 2.24. The molecule has 0 unspecified atom stereocenters. The molecule has 1 N–H and O–H groups in total. The van der Waals surface area contributed by atoms with Gasteiger partial charge in [-0.2, -0.15) is 0 Å². The van der Waals surface area contributed by atoms with Gasteiger partial charge >= 0.3 is 0 Å². The van der Waals surface area contributed by atoms with Gasteiger partial charge in [0.25, 0.3) is 0 Å². The van der Waals surface area contributed by atoms with Gasteiger partial charge in [0.05, 0.1) is 19.4 Å². The number of rotatable bonds is 7. The van der Waals surface area contributed by atoms with Crippen molar-refractivity contribution in [2.75, 3.05) is 30.5 Å². The van der Waals surface area contributed by atoms with E-state index in [-0.39, 0.29) is 18.4 Å². The lowest BCUT2D eigenvalue weighted by atomic mass is 10.2. The maximum Gasteiger partial charge on any atom is 0.244 e. The van der Waals surface area contributed by atoms with Crippen LogP contribution in [0.3, 0.4) is 0 Å². The van der Waals surface area contributed by atoms with Gasteiger partial charge in [-0.25, -0.2) is 0 Å². The summed E-state index contributed by atoms with van der Waals surface area (Å²) < 4.78 is 10.6. The second-order valence-corrected chi connectivity index (χ2v) is 5.28. The number of nitrogens with zero attached hydrogens (tertiary/aromatic N) is 1. The SMILES string of the molecule is CCOc1ccc(N(CC(=O)Nc2ccccc2OC)C(C)=O)cc1. The number of para-hydroxylation sites is 2. The minimum Gasteiger partial charge on any atom is -0.495 e. The first-order chi connectivity index (χ1) is 12.0. The number of methoxy groups -OCH3 is 1. The second-order valence-electron chi connectivity index (χ2n) is 5.28. The van der Waals surface area contributed by atoms with Crippen molar-refractivity contribution in [1.29, 1.82) is 0 Å². The summed E-state index contributed by atoms with van der Waals surface area (Å²) in [7, 11) is 1.53. The monoisotopic (exact) mass is 342 g/mol. The van der Waals surface area contributed by atoms with E-state index in [0.29, 0.717) is 29.5 Å². The van der Waals surface area contributed by atoms with Crippen LogP contribution in [0, 0.1) is 0 Å². The number of nitrogens with one attached hydrogen (secondary N) is 1. The van der Waals surface area contributed by atoms with Crippen LogP contribution in [0.2, 0.25) is 0 Å². The van der Waals surface area contributed by atoms with Crippen molar-refractivity contribution >= 4 is 23.2 Å². The molecule has 0 aromatic heterocycles. The van der Waals surface area contributed by atoms with Gasteiger partial charge < -0.3 is 19.7 Å². The number of anilines is 2. The molecule has 0 atom stereocenters. The molecule has 0 heterocycles. The van der Waals surface area contributed by atoms with Gasteiger partial charge in [0.15, 0.2) is 0 Å². The third-order valence-corrected chi connectivity index (χ3v) is 3.52. The Morgan fingerprint density at radius 1 is 1.08 bits per heavy atom. The van der Waals surface area contributed by atoms with Gasteiger partial charge in [0.2, 0.25) is 11.8 Å². The van der Waals surface area contributed by atoms with Crippen molar-refractivity contribution in [2.45, 2.75) is 13.8 Å². The molecule has 0 aliphatic carbocycles. The fourth-order valence-electron chi connectivity index (χ4n) is 2.35. The van der Waals surface area contributed by atoms with Crippen LogP contribution in [0.5, 0.6) is 11.5 Å². The highest BCUT2D eigenvalue weighted by atomic mass is 16.5. The number of carbonyl (C=O) groups excluding carboxylic acids is 2. The number of amides is 2. The average molecular weight is 342 g/mol. The fourth-order valence-corrected chi connectivity index (χ4v) is 2.35. The van der Waals surface area contributed by atoms with Gasteiger partial charge in [-0.1, -0.05) is 12.1 Å². The van der Waals surface area contributed by atoms with E-state index in [1.807, 2.05) is 13.0 Å². The second kappa shape index (κ2) is 8.73. The highest BCUT2D eigenvalue weighted by Gasteiger charge is 2.17. The molecule has 0 saturated carbocycles. The van der Waals surface area contributed by atoms with Crippen molar-refractivity contribution in [3.63, 3.8) is 0 Å². The van der Waals surface area contributed by atoms with E-state index in [1.165, 1.54) is 18.9 Å². The van der Waals surface area contributed by atoms with Crippen LogP contribution in [0.1, 0.15) is 13.8 Å². The summed E-state index contributed by atoms with van der Waals surface area (Å²) in [6.45, 7) is 3.79. The first kappa shape index (κ1) is 18.3. The highest BCUT2D eigenvalue weighted by molar-refractivity contribution is 6.02. The molecule has 0 fully saturated rings. The Balaban J connectivity index is 2.10. The fraction of sp³-hybridized carbons (Fsp3) is 0.263. The molecule has 132 valence electrons. The molecular weight excluding hydrogens is 320 g/mol. The molecule has 6 heteroatoms. The molecule has 25 heavy (non-hydrogen) atoms. The Bertz CT molecular complexity index is 728. The largest absolute Gasteiger partial charge is 0.495 e. The van der Waals surface area contributed by atoms with Crippen molar-refractivity contribution in [3.8, 4) is 11.5 Å². The van der Waals surface area contributed by atoms with Crippen LogP contribution in [0.25, 0.3) is 0 Å². The van der Waals surface area contributed by atoms with Crippen LogP contribution < -0.4 is 19.7 Å². The Morgan fingerprint density at radius 3 is 2.36 bits per heavy atom. The number of benzene rings is 2. The minimum absolute atomic E-state index is 0.0959. The molecule has 6 nitrogen and oxygen atoms in total. The summed E-state index contributed by atoms with van der Waals surface area (Å²) in [5, 5.41) is 2.77. The average Bonchev–Trinajstić information content (AvgIpc) is 2.61. The van der Waals surface area contributed by atoms with Crippen LogP contribution in [0.4, 0.5) is 11.4 Å². The van der Waals surface area contributed by atoms with E-state index < -0.39 is 0 Å². The van der Waals surface area contributed by atoms with Gasteiger partial charge in [0, 0.05) is 12.6 Å². The summed E-state index contributed by atoms with van der Waals surface area (Å²) in [5.41, 5.74) is 1.19. The molecule has 2 aromatic rings. The zero-order valence-corrected chi connectivity index (χ0v) is 14.6. The molecule has 0 aliphatic heterocycles. The lowest BCUT2D eigenvalue weighted by Crippen LogP contribution is -2.36. The Kier molecular flexibility index (Phi) is 6.39. The topological polar surface area (TPSA) is 67.9 Å². The minimum atomic E-state index is -0.311. The smallest absolute Gasteiger partial charge is 0.244 e. The Morgan fingerprint density at radius 2 is 1.76 bits per heavy atom. The first-order valence-corrected chi connectivity index (χ1v) is 7.99. The molecule has 0 radical (unpaired) electrons. The Labute approximate surface area is 147 Å². The van der Waals surface area contributed by atoms with Crippen molar-refractivity contribution < 1.29 is 19.1 Å². The van der Waals surface area contributed by atoms with Gasteiger partial charge in [-0.3, -0.25) is 9.59 Å². The molecule has 0 saturated heterocycles. The van der Waals surface area contributed by atoms with Crippen molar-refractivity contribution in [1.82, 2.24) is 0 Å². The summed E-state index contributed by atoms with van der Waals surface area (Å²) in [6, 6.07) is 14.2. The lowest BCUT2D eigenvalue weighted by molar-refractivity contribution is -0.120. The molecule has 2 amide bonds.